The minimum Gasteiger partial charge on any atom is -0.338 e. The second-order valence-corrected chi connectivity index (χ2v) is 7.27. The minimum atomic E-state index is -0.243. The number of hydrogen-bond donors (Lipinski definition) is 2. The zero-order chi connectivity index (χ0) is 18.8. The molecule has 0 aliphatic rings. The van der Waals surface area contributed by atoms with E-state index in [4.69, 9.17) is 11.6 Å². The Labute approximate surface area is 166 Å². The summed E-state index contributed by atoms with van der Waals surface area (Å²) in [5.41, 5.74) is 3.84. The van der Waals surface area contributed by atoms with Gasteiger partial charge in [0.2, 0.25) is 0 Å². The lowest BCUT2D eigenvalue weighted by Gasteiger charge is -2.06. The number of H-pyrrole nitrogens is 1. The first-order valence-electron chi connectivity index (χ1n) is 8.34. The van der Waals surface area contributed by atoms with Crippen LogP contribution in [-0.2, 0) is 0 Å². The summed E-state index contributed by atoms with van der Waals surface area (Å²) in [6.07, 6.45) is 2.05. The van der Waals surface area contributed by atoms with Crippen molar-refractivity contribution in [1.29, 1.82) is 0 Å². The van der Waals surface area contributed by atoms with Gasteiger partial charge in [-0.05, 0) is 48.7 Å². The van der Waals surface area contributed by atoms with E-state index < -0.39 is 0 Å². The van der Waals surface area contributed by atoms with Crippen LogP contribution in [0.2, 0.25) is 5.02 Å². The first-order chi connectivity index (χ1) is 13.1. The smallest absolute Gasteiger partial charge is 0.257 e. The SMILES string of the molecule is CSc1ccc(-c2nc3ccc(NC(=O)c4ccccc4Cl)cc3[nH]2)cc1. The molecular weight excluding hydrogens is 378 g/mol. The summed E-state index contributed by atoms with van der Waals surface area (Å²) in [5, 5.41) is 3.31. The largest absolute Gasteiger partial charge is 0.338 e. The third-order valence-electron chi connectivity index (χ3n) is 4.22. The van der Waals surface area contributed by atoms with Crippen molar-refractivity contribution in [2.45, 2.75) is 4.90 Å². The lowest BCUT2D eigenvalue weighted by molar-refractivity contribution is 0.102. The quantitative estimate of drug-likeness (QED) is 0.427. The maximum atomic E-state index is 12.4. The number of hydrogen-bond acceptors (Lipinski definition) is 3. The van der Waals surface area contributed by atoms with Gasteiger partial charge in [0.1, 0.15) is 5.82 Å². The molecule has 4 nitrogen and oxygen atoms in total. The number of thioether (sulfide) groups is 1. The zero-order valence-corrected chi connectivity index (χ0v) is 16.1. The van der Waals surface area contributed by atoms with Gasteiger partial charge >= 0.3 is 0 Å². The molecule has 6 heteroatoms. The van der Waals surface area contributed by atoms with E-state index in [2.05, 4.69) is 33.7 Å². The Hall–Kier alpha value is -2.76. The standard InChI is InChI=1S/C21H16ClN3OS/c1-27-15-9-6-13(7-10-15)20-24-18-11-8-14(12-19(18)25-20)23-21(26)16-4-2-3-5-17(16)22/h2-12H,1H3,(H,23,26)(H,24,25). The summed E-state index contributed by atoms with van der Waals surface area (Å²) >= 11 is 7.80. The van der Waals surface area contributed by atoms with Crippen LogP contribution in [0.4, 0.5) is 5.69 Å². The van der Waals surface area contributed by atoms with E-state index in [-0.39, 0.29) is 5.91 Å². The summed E-state index contributed by atoms with van der Waals surface area (Å²) in [4.78, 5) is 21.6. The Balaban J connectivity index is 1.60. The van der Waals surface area contributed by atoms with Crippen LogP contribution in [0.3, 0.4) is 0 Å². The molecule has 0 aliphatic heterocycles. The van der Waals surface area contributed by atoms with Crippen LogP contribution >= 0.6 is 23.4 Å². The number of nitrogens with one attached hydrogen (secondary N) is 2. The van der Waals surface area contributed by atoms with Gasteiger partial charge < -0.3 is 10.3 Å². The Bertz CT molecular complexity index is 1120. The zero-order valence-electron chi connectivity index (χ0n) is 14.5. The van der Waals surface area contributed by atoms with Gasteiger partial charge in [0, 0.05) is 16.1 Å². The van der Waals surface area contributed by atoms with Crippen LogP contribution in [-0.4, -0.2) is 22.1 Å². The molecule has 1 heterocycles. The van der Waals surface area contributed by atoms with Gasteiger partial charge in [0.25, 0.3) is 5.91 Å². The van der Waals surface area contributed by atoms with Crippen LogP contribution in [0, 0.1) is 0 Å². The Morgan fingerprint density at radius 2 is 1.85 bits per heavy atom. The molecule has 4 rings (SSSR count). The van der Waals surface area contributed by atoms with Gasteiger partial charge in [-0.25, -0.2) is 4.98 Å². The van der Waals surface area contributed by atoms with Crippen LogP contribution in [0.1, 0.15) is 10.4 Å². The third kappa shape index (κ3) is 3.70. The molecule has 4 aromatic rings. The van der Waals surface area contributed by atoms with E-state index in [1.807, 2.05) is 30.3 Å². The average Bonchev–Trinajstić information content (AvgIpc) is 3.11. The maximum absolute atomic E-state index is 12.4. The molecule has 0 bridgehead atoms. The molecule has 0 atom stereocenters. The van der Waals surface area contributed by atoms with E-state index in [1.54, 1.807) is 36.0 Å². The number of imidazole rings is 1. The molecule has 0 unspecified atom stereocenters. The molecule has 27 heavy (non-hydrogen) atoms. The highest BCUT2D eigenvalue weighted by atomic mass is 35.5. The summed E-state index contributed by atoms with van der Waals surface area (Å²) in [6, 6.07) is 20.8. The lowest BCUT2D eigenvalue weighted by Crippen LogP contribution is -2.12. The van der Waals surface area contributed by atoms with Crippen molar-refractivity contribution in [2.75, 3.05) is 11.6 Å². The van der Waals surface area contributed by atoms with Gasteiger partial charge in [-0.3, -0.25) is 4.79 Å². The fraction of sp³-hybridized carbons (Fsp3) is 0.0476. The fourth-order valence-electron chi connectivity index (χ4n) is 2.82. The molecule has 2 N–H and O–H groups in total. The number of aromatic nitrogens is 2. The first kappa shape index (κ1) is 17.6. The van der Waals surface area contributed by atoms with E-state index >= 15 is 0 Å². The molecule has 0 fully saturated rings. The fourth-order valence-corrected chi connectivity index (χ4v) is 3.45. The predicted octanol–water partition coefficient (Wildman–Crippen LogP) is 5.86. The number of fused-ring (bicyclic) bond motifs is 1. The Morgan fingerprint density at radius 1 is 1.07 bits per heavy atom. The molecule has 1 aromatic heterocycles. The minimum absolute atomic E-state index is 0.243. The molecular formula is C21H16ClN3OS. The number of carbonyl (C=O) groups excluding carboxylic acids is 1. The number of carbonyl (C=O) groups is 1. The number of aromatic amines is 1. The van der Waals surface area contributed by atoms with Crippen molar-refractivity contribution >= 4 is 46.0 Å². The highest BCUT2D eigenvalue weighted by Crippen LogP contribution is 2.25. The summed E-state index contributed by atoms with van der Waals surface area (Å²) < 4.78 is 0. The van der Waals surface area contributed by atoms with Gasteiger partial charge in [0.05, 0.1) is 21.6 Å². The molecule has 3 aromatic carbocycles. The van der Waals surface area contributed by atoms with Gasteiger partial charge in [-0.15, -0.1) is 11.8 Å². The molecule has 0 saturated carbocycles. The first-order valence-corrected chi connectivity index (χ1v) is 9.94. The second kappa shape index (κ2) is 7.47. The Kier molecular flexibility index (Phi) is 4.88. The molecule has 0 aliphatic carbocycles. The van der Waals surface area contributed by atoms with E-state index in [0.29, 0.717) is 16.3 Å². The van der Waals surface area contributed by atoms with Crippen LogP contribution in [0.15, 0.2) is 71.6 Å². The van der Waals surface area contributed by atoms with Crippen molar-refractivity contribution in [3.05, 3.63) is 77.3 Å². The topological polar surface area (TPSA) is 57.8 Å². The van der Waals surface area contributed by atoms with Crippen LogP contribution in [0.5, 0.6) is 0 Å². The molecule has 134 valence electrons. The number of halogens is 1. The monoisotopic (exact) mass is 393 g/mol. The van der Waals surface area contributed by atoms with Crippen molar-refractivity contribution in [1.82, 2.24) is 9.97 Å². The normalized spacial score (nSPS) is 10.9. The second-order valence-electron chi connectivity index (χ2n) is 5.98. The van der Waals surface area contributed by atoms with Gasteiger partial charge in [0.15, 0.2) is 0 Å². The van der Waals surface area contributed by atoms with Crippen molar-refractivity contribution in [2.24, 2.45) is 0 Å². The molecule has 0 spiro atoms. The highest BCUT2D eigenvalue weighted by molar-refractivity contribution is 7.98. The summed E-state index contributed by atoms with van der Waals surface area (Å²) in [7, 11) is 0. The van der Waals surface area contributed by atoms with Crippen molar-refractivity contribution in [3.8, 4) is 11.4 Å². The Morgan fingerprint density at radius 3 is 2.59 bits per heavy atom. The summed E-state index contributed by atoms with van der Waals surface area (Å²) in [5.74, 6) is 0.555. The molecule has 1 amide bonds. The molecule has 0 saturated heterocycles. The maximum Gasteiger partial charge on any atom is 0.257 e. The van der Waals surface area contributed by atoms with E-state index in [1.165, 1.54) is 4.90 Å². The number of nitrogens with zero attached hydrogens (tertiary/aromatic N) is 1. The van der Waals surface area contributed by atoms with Crippen LogP contribution in [0.25, 0.3) is 22.4 Å². The predicted molar refractivity (Wildman–Crippen MR) is 113 cm³/mol. The lowest BCUT2D eigenvalue weighted by atomic mass is 10.2. The van der Waals surface area contributed by atoms with E-state index in [9.17, 15) is 4.79 Å². The van der Waals surface area contributed by atoms with Gasteiger partial charge in [-0.1, -0.05) is 35.9 Å². The van der Waals surface area contributed by atoms with Crippen molar-refractivity contribution in [3.63, 3.8) is 0 Å². The van der Waals surface area contributed by atoms with Gasteiger partial charge in [-0.2, -0.15) is 0 Å². The molecule has 0 radical (unpaired) electrons. The number of benzene rings is 3. The number of amides is 1. The van der Waals surface area contributed by atoms with Crippen molar-refractivity contribution < 1.29 is 4.79 Å². The average molecular weight is 394 g/mol. The number of rotatable bonds is 4. The summed E-state index contributed by atoms with van der Waals surface area (Å²) in [6.45, 7) is 0. The van der Waals surface area contributed by atoms with E-state index in [0.717, 1.165) is 22.4 Å². The van der Waals surface area contributed by atoms with Crippen LogP contribution < -0.4 is 5.32 Å². The highest BCUT2D eigenvalue weighted by Gasteiger charge is 2.11. The third-order valence-corrected chi connectivity index (χ3v) is 5.29. The number of anilines is 1.